The maximum Gasteiger partial charge on any atom is 0.383 e. The Morgan fingerprint density at radius 1 is 1.50 bits per heavy atom. The van der Waals surface area contributed by atoms with Gasteiger partial charge in [-0.05, 0) is 18.4 Å². The molecule has 1 aromatic rings. The summed E-state index contributed by atoms with van der Waals surface area (Å²) in [4.78, 5) is 11.5. The van der Waals surface area contributed by atoms with Gasteiger partial charge in [0.1, 0.15) is 0 Å². The number of rotatable bonds is 4. The van der Waals surface area contributed by atoms with E-state index in [0.29, 0.717) is 4.88 Å². The lowest BCUT2D eigenvalue weighted by molar-refractivity contribution is -0.170. The summed E-state index contributed by atoms with van der Waals surface area (Å²) in [6, 6.07) is 2.58. The van der Waals surface area contributed by atoms with E-state index in [1.807, 2.05) is 5.32 Å². The second kappa shape index (κ2) is 4.82. The van der Waals surface area contributed by atoms with Gasteiger partial charge >= 0.3 is 12.3 Å². The van der Waals surface area contributed by atoms with E-state index in [1.54, 1.807) is 17.5 Å². The summed E-state index contributed by atoms with van der Waals surface area (Å²) < 4.78 is 48.9. The molecule has 0 aliphatic rings. The van der Waals surface area contributed by atoms with Crippen molar-refractivity contribution in [3.05, 3.63) is 22.4 Å². The average Bonchev–Trinajstić information content (AvgIpc) is 2.69. The molecule has 0 saturated heterocycles. The first kappa shape index (κ1) is 13.0. The van der Waals surface area contributed by atoms with E-state index < -0.39 is 24.3 Å². The van der Waals surface area contributed by atoms with Crippen LogP contribution < -0.4 is 5.32 Å². The Morgan fingerprint density at radius 3 is 2.56 bits per heavy atom. The highest BCUT2D eigenvalue weighted by atomic mass is 32.1. The molecule has 16 heavy (non-hydrogen) atoms. The molecule has 1 aromatic heterocycles. The quantitative estimate of drug-likeness (QED) is 0.823. The zero-order valence-corrected chi connectivity index (χ0v) is 9.03. The number of nitrogens with one attached hydrogen (secondary N) is 1. The van der Waals surface area contributed by atoms with E-state index >= 15 is 0 Å². The molecule has 0 aliphatic heterocycles. The van der Waals surface area contributed by atoms with Crippen LogP contribution >= 0.6 is 11.3 Å². The Bertz CT molecular complexity index is 352. The van der Waals surface area contributed by atoms with Crippen LogP contribution in [0, 0.1) is 0 Å². The van der Waals surface area contributed by atoms with Gasteiger partial charge in [0.2, 0.25) is 0 Å². The highest BCUT2D eigenvalue weighted by molar-refractivity contribution is 7.10. The van der Waals surface area contributed by atoms with Crippen molar-refractivity contribution in [2.45, 2.75) is 25.3 Å². The van der Waals surface area contributed by atoms with Crippen LogP contribution in [-0.2, 0) is 4.79 Å². The standard InChI is InChI=1S/C9H9F4NOS/c1-5(6-3-2-4-16-6)14-8(15)9(12,13)7(10)11/h2-5,7H,1H3,(H,14,15)/t5-/m0/s1. The van der Waals surface area contributed by atoms with Crippen LogP contribution in [0.4, 0.5) is 17.6 Å². The van der Waals surface area contributed by atoms with E-state index in [-0.39, 0.29) is 0 Å². The van der Waals surface area contributed by atoms with Crippen molar-refractivity contribution >= 4 is 17.2 Å². The summed E-state index contributed by atoms with van der Waals surface area (Å²) in [5.74, 6) is -6.60. The van der Waals surface area contributed by atoms with E-state index in [2.05, 4.69) is 0 Å². The minimum atomic E-state index is -4.65. The van der Waals surface area contributed by atoms with Gasteiger partial charge < -0.3 is 5.32 Å². The van der Waals surface area contributed by atoms with Crippen LogP contribution in [0.2, 0.25) is 0 Å². The van der Waals surface area contributed by atoms with Crippen LogP contribution in [0.25, 0.3) is 0 Å². The van der Waals surface area contributed by atoms with E-state index in [0.717, 1.165) is 0 Å². The molecule has 0 aromatic carbocycles. The molecular formula is C9H9F4NOS. The molecule has 1 heterocycles. The molecule has 1 rings (SSSR count). The van der Waals surface area contributed by atoms with Gasteiger partial charge in [-0.15, -0.1) is 11.3 Å². The number of thiophene rings is 1. The lowest BCUT2D eigenvalue weighted by Gasteiger charge is -2.18. The van der Waals surface area contributed by atoms with Crippen molar-refractivity contribution in [2.75, 3.05) is 0 Å². The summed E-state index contributed by atoms with van der Waals surface area (Å²) in [7, 11) is 0. The summed E-state index contributed by atoms with van der Waals surface area (Å²) >= 11 is 1.24. The third-order valence-electron chi connectivity index (χ3n) is 1.89. The van der Waals surface area contributed by atoms with Gasteiger partial charge in [0.25, 0.3) is 5.91 Å². The van der Waals surface area contributed by atoms with Crippen molar-refractivity contribution < 1.29 is 22.4 Å². The second-order valence-electron chi connectivity index (χ2n) is 3.13. The highest BCUT2D eigenvalue weighted by Gasteiger charge is 2.49. The lowest BCUT2D eigenvalue weighted by Crippen LogP contribution is -2.45. The molecule has 0 fully saturated rings. The molecule has 0 radical (unpaired) electrons. The maximum atomic E-state index is 12.6. The average molecular weight is 255 g/mol. The summed E-state index contributed by atoms with van der Waals surface area (Å²) in [6.45, 7) is 1.45. The maximum absolute atomic E-state index is 12.6. The zero-order valence-electron chi connectivity index (χ0n) is 8.22. The molecule has 1 N–H and O–H groups in total. The summed E-state index contributed by atoms with van der Waals surface area (Å²) in [6.07, 6.45) is -4.00. The smallest absolute Gasteiger partial charge is 0.343 e. The first-order valence-corrected chi connectivity index (χ1v) is 5.24. The predicted molar refractivity (Wildman–Crippen MR) is 51.8 cm³/mol. The third kappa shape index (κ3) is 2.72. The first-order valence-electron chi connectivity index (χ1n) is 4.36. The number of carbonyl (C=O) groups excluding carboxylic acids is 1. The number of hydrogen-bond donors (Lipinski definition) is 1. The molecule has 0 unspecified atom stereocenters. The van der Waals surface area contributed by atoms with Gasteiger partial charge in [-0.3, -0.25) is 4.79 Å². The number of halogens is 4. The van der Waals surface area contributed by atoms with Crippen LogP contribution in [0.5, 0.6) is 0 Å². The Kier molecular flexibility index (Phi) is 3.90. The molecule has 2 nitrogen and oxygen atoms in total. The normalized spacial score (nSPS) is 13.9. The number of amides is 1. The minimum Gasteiger partial charge on any atom is -0.343 e. The van der Waals surface area contributed by atoms with Crippen molar-refractivity contribution in [3.8, 4) is 0 Å². The molecule has 7 heteroatoms. The Hall–Kier alpha value is -1.11. The zero-order chi connectivity index (χ0) is 12.3. The fraction of sp³-hybridized carbons (Fsp3) is 0.444. The van der Waals surface area contributed by atoms with Crippen LogP contribution in [0.3, 0.4) is 0 Å². The molecular weight excluding hydrogens is 246 g/mol. The van der Waals surface area contributed by atoms with E-state index in [1.165, 1.54) is 18.3 Å². The van der Waals surface area contributed by atoms with Gasteiger partial charge in [-0.25, -0.2) is 8.78 Å². The predicted octanol–water partition coefficient (Wildman–Crippen LogP) is 2.83. The monoisotopic (exact) mass is 255 g/mol. The second-order valence-corrected chi connectivity index (χ2v) is 4.11. The van der Waals surface area contributed by atoms with Gasteiger partial charge in [0.15, 0.2) is 0 Å². The van der Waals surface area contributed by atoms with E-state index in [4.69, 9.17) is 0 Å². The van der Waals surface area contributed by atoms with Crippen LogP contribution in [0.15, 0.2) is 17.5 Å². The highest BCUT2D eigenvalue weighted by Crippen LogP contribution is 2.25. The van der Waals surface area contributed by atoms with Gasteiger partial charge in [0.05, 0.1) is 6.04 Å². The summed E-state index contributed by atoms with van der Waals surface area (Å²) in [5, 5.41) is 3.54. The lowest BCUT2D eigenvalue weighted by atomic mass is 10.2. The van der Waals surface area contributed by atoms with Gasteiger partial charge in [-0.2, -0.15) is 8.78 Å². The topological polar surface area (TPSA) is 29.1 Å². The molecule has 0 saturated carbocycles. The molecule has 0 spiro atoms. The van der Waals surface area contributed by atoms with Crippen molar-refractivity contribution in [1.29, 1.82) is 0 Å². The van der Waals surface area contributed by atoms with E-state index in [9.17, 15) is 22.4 Å². The Morgan fingerprint density at radius 2 is 2.12 bits per heavy atom. The molecule has 90 valence electrons. The van der Waals surface area contributed by atoms with Crippen LogP contribution in [-0.4, -0.2) is 18.3 Å². The van der Waals surface area contributed by atoms with Crippen molar-refractivity contribution in [3.63, 3.8) is 0 Å². The van der Waals surface area contributed by atoms with Crippen molar-refractivity contribution in [2.24, 2.45) is 0 Å². The largest absolute Gasteiger partial charge is 0.383 e. The van der Waals surface area contributed by atoms with Crippen LogP contribution in [0.1, 0.15) is 17.8 Å². The molecule has 0 aliphatic carbocycles. The first-order chi connectivity index (χ1) is 7.35. The number of hydrogen-bond acceptors (Lipinski definition) is 2. The Labute approximate surface area is 93.3 Å². The van der Waals surface area contributed by atoms with Gasteiger partial charge in [-0.1, -0.05) is 6.07 Å². The fourth-order valence-electron chi connectivity index (χ4n) is 1.00. The third-order valence-corrected chi connectivity index (χ3v) is 2.95. The summed E-state index contributed by atoms with van der Waals surface area (Å²) in [5.41, 5.74) is 0. The fourth-order valence-corrected chi connectivity index (χ4v) is 1.74. The minimum absolute atomic E-state index is 0.624. The number of carbonyl (C=O) groups is 1. The van der Waals surface area contributed by atoms with Crippen molar-refractivity contribution in [1.82, 2.24) is 5.32 Å². The Balaban J connectivity index is 2.65. The van der Waals surface area contributed by atoms with Gasteiger partial charge in [0, 0.05) is 4.88 Å². The molecule has 1 amide bonds. The molecule has 0 bridgehead atoms. The molecule has 1 atom stereocenters. The SMILES string of the molecule is C[C@H](NC(=O)C(F)(F)C(F)F)c1cccs1. The number of alkyl halides is 4.